The van der Waals surface area contributed by atoms with Crippen molar-refractivity contribution in [1.29, 1.82) is 0 Å². The van der Waals surface area contributed by atoms with E-state index in [1.165, 1.54) is 16.3 Å². The number of unbranched alkanes of at least 4 members (excludes halogenated alkanes) is 1. The van der Waals surface area contributed by atoms with Gasteiger partial charge in [-0.05, 0) is 41.7 Å². The molecule has 0 aliphatic rings. The summed E-state index contributed by atoms with van der Waals surface area (Å²) in [5, 5.41) is 2.56. The van der Waals surface area contributed by atoms with E-state index in [-0.39, 0.29) is 6.10 Å². The van der Waals surface area contributed by atoms with Crippen LogP contribution in [0.15, 0.2) is 55.1 Å². The van der Waals surface area contributed by atoms with Crippen LogP contribution in [0.25, 0.3) is 10.8 Å². The summed E-state index contributed by atoms with van der Waals surface area (Å²) in [6.45, 7) is 3.76. The van der Waals surface area contributed by atoms with Gasteiger partial charge < -0.3 is 4.74 Å². The zero-order valence-electron chi connectivity index (χ0n) is 10.9. The summed E-state index contributed by atoms with van der Waals surface area (Å²) >= 11 is 0. The number of methoxy groups -OCH3 is 1. The summed E-state index contributed by atoms with van der Waals surface area (Å²) in [6.07, 6.45) is 5.37. The predicted molar refractivity (Wildman–Crippen MR) is 77.7 cm³/mol. The SMILES string of the molecule is C=CCCCC(OC)c1ccc2ccccc2c1. The molecule has 2 aromatic carbocycles. The first-order chi connectivity index (χ1) is 8.85. The summed E-state index contributed by atoms with van der Waals surface area (Å²) in [7, 11) is 1.79. The van der Waals surface area contributed by atoms with Gasteiger partial charge >= 0.3 is 0 Å². The van der Waals surface area contributed by atoms with E-state index in [0.29, 0.717) is 0 Å². The molecule has 18 heavy (non-hydrogen) atoms. The monoisotopic (exact) mass is 240 g/mol. The molecule has 2 aromatic rings. The van der Waals surface area contributed by atoms with Crippen LogP contribution >= 0.6 is 0 Å². The Kier molecular flexibility index (Phi) is 4.54. The summed E-state index contributed by atoms with van der Waals surface area (Å²) < 4.78 is 5.60. The van der Waals surface area contributed by atoms with Crippen LogP contribution in [0.2, 0.25) is 0 Å². The Balaban J connectivity index is 2.19. The lowest BCUT2D eigenvalue weighted by molar-refractivity contribution is 0.0941. The molecule has 0 amide bonds. The molecule has 1 atom stereocenters. The van der Waals surface area contributed by atoms with Gasteiger partial charge in [0.25, 0.3) is 0 Å². The Hall–Kier alpha value is -1.60. The standard InChI is InChI=1S/C17H20O/c1-3-4-5-10-17(18-2)16-12-11-14-8-6-7-9-15(14)13-16/h3,6-9,11-13,17H,1,4-5,10H2,2H3. The van der Waals surface area contributed by atoms with Gasteiger partial charge in [0.2, 0.25) is 0 Å². The average molecular weight is 240 g/mol. The van der Waals surface area contributed by atoms with Crippen molar-refractivity contribution in [3.05, 3.63) is 60.7 Å². The fraction of sp³-hybridized carbons (Fsp3) is 0.294. The second kappa shape index (κ2) is 6.36. The van der Waals surface area contributed by atoms with Gasteiger partial charge in [0.1, 0.15) is 0 Å². The molecule has 0 saturated carbocycles. The maximum atomic E-state index is 5.60. The van der Waals surface area contributed by atoms with E-state index in [0.717, 1.165) is 19.3 Å². The highest BCUT2D eigenvalue weighted by atomic mass is 16.5. The number of ether oxygens (including phenoxy) is 1. The summed E-state index contributed by atoms with van der Waals surface area (Å²) in [5.74, 6) is 0. The average Bonchev–Trinajstić information content (AvgIpc) is 2.43. The van der Waals surface area contributed by atoms with Gasteiger partial charge in [-0.1, -0.05) is 42.5 Å². The third-order valence-electron chi connectivity index (χ3n) is 3.30. The van der Waals surface area contributed by atoms with Crippen molar-refractivity contribution in [1.82, 2.24) is 0 Å². The normalized spacial score (nSPS) is 12.5. The molecule has 0 bridgehead atoms. The number of hydrogen-bond acceptors (Lipinski definition) is 1. The Morgan fingerprint density at radius 2 is 1.94 bits per heavy atom. The Morgan fingerprint density at radius 3 is 2.67 bits per heavy atom. The highest BCUT2D eigenvalue weighted by Gasteiger charge is 2.10. The number of benzene rings is 2. The third-order valence-corrected chi connectivity index (χ3v) is 3.30. The minimum atomic E-state index is 0.189. The predicted octanol–water partition coefficient (Wildman–Crippen LogP) is 4.88. The van der Waals surface area contributed by atoms with Crippen molar-refractivity contribution in [2.75, 3.05) is 7.11 Å². The van der Waals surface area contributed by atoms with E-state index in [1.807, 2.05) is 6.08 Å². The van der Waals surface area contributed by atoms with Crippen LogP contribution in [0.5, 0.6) is 0 Å². The van der Waals surface area contributed by atoms with E-state index in [4.69, 9.17) is 4.74 Å². The molecular weight excluding hydrogens is 220 g/mol. The van der Waals surface area contributed by atoms with Crippen LogP contribution in [0, 0.1) is 0 Å². The van der Waals surface area contributed by atoms with Crippen LogP contribution in [-0.4, -0.2) is 7.11 Å². The Morgan fingerprint density at radius 1 is 1.17 bits per heavy atom. The van der Waals surface area contributed by atoms with Crippen LogP contribution in [0.1, 0.15) is 30.9 Å². The molecule has 1 nitrogen and oxygen atoms in total. The number of allylic oxidation sites excluding steroid dienone is 1. The molecule has 0 aliphatic heterocycles. The molecular formula is C17H20O. The quantitative estimate of drug-likeness (QED) is 0.516. The third kappa shape index (κ3) is 2.99. The largest absolute Gasteiger partial charge is 0.377 e. The van der Waals surface area contributed by atoms with Crippen LogP contribution in [0.3, 0.4) is 0 Å². The summed E-state index contributed by atoms with van der Waals surface area (Å²) in [6, 6.07) is 15.0. The van der Waals surface area contributed by atoms with Gasteiger partial charge in [0, 0.05) is 7.11 Å². The van der Waals surface area contributed by atoms with Gasteiger partial charge in [-0.2, -0.15) is 0 Å². The van der Waals surface area contributed by atoms with Crippen molar-refractivity contribution in [2.24, 2.45) is 0 Å². The van der Waals surface area contributed by atoms with Gasteiger partial charge in [-0.15, -0.1) is 6.58 Å². The maximum absolute atomic E-state index is 5.60. The first-order valence-electron chi connectivity index (χ1n) is 6.47. The zero-order chi connectivity index (χ0) is 12.8. The van der Waals surface area contributed by atoms with Crippen LogP contribution < -0.4 is 0 Å². The molecule has 0 radical (unpaired) electrons. The van der Waals surface area contributed by atoms with Crippen molar-refractivity contribution < 1.29 is 4.74 Å². The minimum absolute atomic E-state index is 0.189. The van der Waals surface area contributed by atoms with E-state index in [2.05, 4.69) is 49.0 Å². The Bertz CT molecular complexity index is 516. The van der Waals surface area contributed by atoms with Crippen molar-refractivity contribution in [2.45, 2.75) is 25.4 Å². The van der Waals surface area contributed by atoms with Crippen LogP contribution in [0.4, 0.5) is 0 Å². The molecule has 0 fully saturated rings. The lowest BCUT2D eigenvalue weighted by Crippen LogP contribution is -2.01. The lowest BCUT2D eigenvalue weighted by atomic mass is 10.00. The van der Waals surface area contributed by atoms with E-state index >= 15 is 0 Å². The molecule has 1 unspecified atom stereocenters. The van der Waals surface area contributed by atoms with Gasteiger partial charge in [-0.25, -0.2) is 0 Å². The number of fused-ring (bicyclic) bond motifs is 1. The molecule has 0 heterocycles. The van der Waals surface area contributed by atoms with Crippen molar-refractivity contribution in [3.63, 3.8) is 0 Å². The summed E-state index contributed by atoms with van der Waals surface area (Å²) in [5.41, 5.74) is 1.26. The molecule has 0 N–H and O–H groups in total. The minimum Gasteiger partial charge on any atom is -0.377 e. The molecule has 0 saturated heterocycles. The van der Waals surface area contributed by atoms with Crippen LogP contribution in [-0.2, 0) is 4.74 Å². The molecule has 0 aromatic heterocycles. The highest BCUT2D eigenvalue weighted by Crippen LogP contribution is 2.26. The van der Waals surface area contributed by atoms with E-state index in [9.17, 15) is 0 Å². The molecule has 1 heteroatoms. The number of hydrogen-bond donors (Lipinski definition) is 0. The first kappa shape index (κ1) is 12.8. The summed E-state index contributed by atoms with van der Waals surface area (Å²) in [4.78, 5) is 0. The molecule has 0 spiro atoms. The van der Waals surface area contributed by atoms with Gasteiger partial charge in [0.05, 0.1) is 6.10 Å². The van der Waals surface area contributed by atoms with Crippen molar-refractivity contribution >= 4 is 10.8 Å². The first-order valence-corrected chi connectivity index (χ1v) is 6.47. The molecule has 94 valence electrons. The second-order valence-electron chi connectivity index (χ2n) is 4.55. The molecule has 2 rings (SSSR count). The number of rotatable bonds is 6. The Labute approximate surface area is 109 Å². The van der Waals surface area contributed by atoms with E-state index in [1.54, 1.807) is 7.11 Å². The topological polar surface area (TPSA) is 9.23 Å². The fourth-order valence-electron chi connectivity index (χ4n) is 2.28. The lowest BCUT2D eigenvalue weighted by Gasteiger charge is -2.16. The second-order valence-corrected chi connectivity index (χ2v) is 4.55. The van der Waals surface area contributed by atoms with Gasteiger partial charge in [0.15, 0.2) is 0 Å². The van der Waals surface area contributed by atoms with E-state index < -0.39 is 0 Å². The fourth-order valence-corrected chi connectivity index (χ4v) is 2.28. The maximum Gasteiger partial charge on any atom is 0.0821 e. The highest BCUT2D eigenvalue weighted by molar-refractivity contribution is 5.83. The van der Waals surface area contributed by atoms with Crippen molar-refractivity contribution in [3.8, 4) is 0 Å². The van der Waals surface area contributed by atoms with Gasteiger partial charge in [-0.3, -0.25) is 0 Å². The smallest absolute Gasteiger partial charge is 0.0821 e. The molecule has 0 aliphatic carbocycles. The zero-order valence-corrected chi connectivity index (χ0v) is 10.9.